The molecule has 1 N–H and O–H groups in total. The minimum absolute atomic E-state index is 0.478. The van der Waals surface area contributed by atoms with E-state index >= 15 is 0 Å². The molecule has 1 aromatic heterocycles. The van der Waals surface area contributed by atoms with E-state index in [2.05, 4.69) is 48.8 Å². The van der Waals surface area contributed by atoms with Crippen molar-refractivity contribution >= 4 is 11.3 Å². The number of nitrogens with one attached hydrogen (secondary N) is 1. The molecule has 1 unspecified atom stereocenters. The van der Waals surface area contributed by atoms with E-state index in [0.29, 0.717) is 6.04 Å². The van der Waals surface area contributed by atoms with Gasteiger partial charge in [-0.15, -0.1) is 11.3 Å². The molecule has 0 saturated carbocycles. The summed E-state index contributed by atoms with van der Waals surface area (Å²) in [5.41, 5.74) is 3.69. The predicted octanol–water partition coefficient (Wildman–Crippen LogP) is 3.52. The number of aromatic nitrogens is 1. The molecule has 2 aromatic rings. The topological polar surface area (TPSA) is 24.9 Å². The zero-order chi connectivity index (χ0) is 13.0. The Kier molecular flexibility index (Phi) is 4.50. The van der Waals surface area contributed by atoms with Gasteiger partial charge in [0.1, 0.15) is 0 Å². The van der Waals surface area contributed by atoms with Crippen LogP contribution >= 0.6 is 11.3 Å². The Balaban J connectivity index is 2.13. The van der Waals surface area contributed by atoms with Crippen LogP contribution in [-0.4, -0.2) is 18.1 Å². The lowest BCUT2D eigenvalue weighted by Crippen LogP contribution is -2.23. The van der Waals surface area contributed by atoms with Crippen LogP contribution in [0.25, 0.3) is 11.3 Å². The van der Waals surface area contributed by atoms with Crippen LogP contribution in [0, 0.1) is 0 Å². The molecule has 0 saturated heterocycles. The van der Waals surface area contributed by atoms with E-state index in [-0.39, 0.29) is 0 Å². The van der Waals surface area contributed by atoms with Gasteiger partial charge in [0, 0.05) is 23.4 Å². The van der Waals surface area contributed by atoms with Crippen molar-refractivity contribution in [1.82, 2.24) is 10.3 Å². The fourth-order valence-electron chi connectivity index (χ4n) is 1.81. The first-order valence-corrected chi connectivity index (χ1v) is 7.32. The summed E-state index contributed by atoms with van der Waals surface area (Å²) in [6, 6.07) is 9.18. The molecule has 0 spiro atoms. The molecule has 1 aromatic carbocycles. The fourth-order valence-corrected chi connectivity index (χ4v) is 2.75. The third-order valence-electron chi connectivity index (χ3n) is 3.18. The molecule has 3 heteroatoms. The smallest absolute Gasteiger partial charge is 0.0948 e. The second-order valence-corrected chi connectivity index (χ2v) is 5.51. The van der Waals surface area contributed by atoms with Crippen molar-refractivity contribution in [2.45, 2.75) is 32.7 Å². The number of nitrogens with zero attached hydrogens (tertiary/aromatic N) is 1. The van der Waals surface area contributed by atoms with E-state index in [4.69, 9.17) is 4.98 Å². The molecule has 0 radical (unpaired) electrons. The van der Waals surface area contributed by atoms with Crippen LogP contribution < -0.4 is 5.32 Å². The van der Waals surface area contributed by atoms with E-state index in [1.54, 1.807) is 11.3 Å². The van der Waals surface area contributed by atoms with Crippen LogP contribution in [0.2, 0.25) is 0 Å². The van der Waals surface area contributed by atoms with Gasteiger partial charge in [0.05, 0.1) is 10.7 Å². The number of thiazole rings is 1. The molecule has 2 nitrogen and oxygen atoms in total. The van der Waals surface area contributed by atoms with Gasteiger partial charge in [-0.1, -0.05) is 31.2 Å². The Morgan fingerprint density at radius 1 is 1.28 bits per heavy atom. The molecule has 0 aliphatic rings. The Morgan fingerprint density at radius 2 is 2.00 bits per heavy atom. The zero-order valence-corrected chi connectivity index (χ0v) is 12.1. The molecular formula is C15H20N2S. The van der Waals surface area contributed by atoms with E-state index in [0.717, 1.165) is 18.5 Å². The first-order valence-electron chi connectivity index (χ1n) is 6.44. The number of rotatable bonds is 5. The van der Waals surface area contributed by atoms with Gasteiger partial charge in [0.2, 0.25) is 0 Å². The Morgan fingerprint density at radius 3 is 2.61 bits per heavy atom. The first-order chi connectivity index (χ1) is 8.72. The van der Waals surface area contributed by atoms with E-state index in [9.17, 15) is 0 Å². The van der Waals surface area contributed by atoms with Crippen LogP contribution in [0.15, 0.2) is 29.6 Å². The van der Waals surface area contributed by atoms with Crippen LogP contribution in [0.1, 0.15) is 24.4 Å². The number of hydrogen-bond acceptors (Lipinski definition) is 3. The highest BCUT2D eigenvalue weighted by molar-refractivity contribution is 7.09. The molecule has 2 rings (SSSR count). The van der Waals surface area contributed by atoms with Crippen molar-refractivity contribution < 1.29 is 0 Å². The molecule has 96 valence electrons. The molecule has 1 atom stereocenters. The molecule has 0 aliphatic carbocycles. The molecule has 0 bridgehead atoms. The van der Waals surface area contributed by atoms with Crippen LogP contribution in [0.3, 0.4) is 0 Å². The van der Waals surface area contributed by atoms with Gasteiger partial charge in [-0.2, -0.15) is 0 Å². The summed E-state index contributed by atoms with van der Waals surface area (Å²) in [4.78, 5) is 4.70. The van der Waals surface area contributed by atoms with Crippen molar-refractivity contribution in [1.29, 1.82) is 0 Å². The minimum Gasteiger partial charge on any atom is -0.317 e. The normalized spacial score (nSPS) is 12.6. The monoisotopic (exact) mass is 260 g/mol. The summed E-state index contributed by atoms with van der Waals surface area (Å²) in [6.07, 6.45) is 2.08. The summed E-state index contributed by atoms with van der Waals surface area (Å²) in [6.45, 7) is 4.35. The lowest BCUT2D eigenvalue weighted by atomic mass is 10.1. The first kappa shape index (κ1) is 13.2. The highest BCUT2D eigenvalue weighted by atomic mass is 32.1. The minimum atomic E-state index is 0.478. The van der Waals surface area contributed by atoms with Gasteiger partial charge < -0.3 is 5.32 Å². The third kappa shape index (κ3) is 3.18. The second-order valence-electron chi connectivity index (χ2n) is 4.57. The molecule has 18 heavy (non-hydrogen) atoms. The molecule has 0 amide bonds. The Labute approximate surface area is 113 Å². The third-order valence-corrected chi connectivity index (χ3v) is 4.05. The average molecular weight is 260 g/mol. The van der Waals surface area contributed by atoms with Crippen molar-refractivity contribution in [3.05, 3.63) is 40.2 Å². The maximum Gasteiger partial charge on any atom is 0.0948 e. The average Bonchev–Trinajstić information content (AvgIpc) is 2.87. The highest BCUT2D eigenvalue weighted by Crippen LogP contribution is 2.23. The summed E-state index contributed by atoms with van der Waals surface area (Å²) in [5.74, 6) is 0. The number of likely N-dealkylation sites (N-methyl/N-ethyl adjacent to an activating group) is 1. The van der Waals surface area contributed by atoms with Crippen molar-refractivity contribution in [2.75, 3.05) is 7.05 Å². The standard InChI is InChI=1S/C15H20N2S/c1-4-12-5-7-13(8-6-12)14-10-18-15(17-14)9-11(2)16-3/h5-8,10-11,16H,4,9H2,1-3H3. The largest absolute Gasteiger partial charge is 0.317 e. The van der Waals surface area contributed by atoms with Gasteiger partial charge in [-0.05, 0) is 26.0 Å². The quantitative estimate of drug-likeness (QED) is 0.889. The van der Waals surface area contributed by atoms with Crippen LogP contribution in [-0.2, 0) is 12.8 Å². The van der Waals surface area contributed by atoms with Gasteiger partial charge >= 0.3 is 0 Å². The van der Waals surface area contributed by atoms with Crippen LogP contribution in [0.5, 0.6) is 0 Å². The van der Waals surface area contributed by atoms with Crippen molar-refractivity contribution in [3.8, 4) is 11.3 Å². The number of hydrogen-bond donors (Lipinski definition) is 1. The number of benzene rings is 1. The van der Waals surface area contributed by atoms with E-state index < -0.39 is 0 Å². The zero-order valence-electron chi connectivity index (χ0n) is 11.2. The van der Waals surface area contributed by atoms with Gasteiger partial charge in [-0.25, -0.2) is 4.98 Å². The van der Waals surface area contributed by atoms with Gasteiger partial charge in [0.15, 0.2) is 0 Å². The van der Waals surface area contributed by atoms with Gasteiger partial charge in [-0.3, -0.25) is 0 Å². The van der Waals surface area contributed by atoms with E-state index in [1.165, 1.54) is 16.1 Å². The highest BCUT2D eigenvalue weighted by Gasteiger charge is 2.07. The van der Waals surface area contributed by atoms with Crippen molar-refractivity contribution in [3.63, 3.8) is 0 Å². The fraction of sp³-hybridized carbons (Fsp3) is 0.400. The predicted molar refractivity (Wildman–Crippen MR) is 79.2 cm³/mol. The molecule has 0 fully saturated rings. The Bertz CT molecular complexity index is 487. The lowest BCUT2D eigenvalue weighted by Gasteiger charge is -2.06. The maximum absolute atomic E-state index is 4.70. The van der Waals surface area contributed by atoms with Gasteiger partial charge in [0.25, 0.3) is 0 Å². The lowest BCUT2D eigenvalue weighted by molar-refractivity contribution is 0.607. The summed E-state index contributed by atoms with van der Waals surface area (Å²) >= 11 is 1.75. The Hall–Kier alpha value is -1.19. The molecule has 0 aliphatic heterocycles. The summed E-state index contributed by atoms with van der Waals surface area (Å²) in [5, 5.41) is 6.60. The SMILES string of the molecule is CCc1ccc(-c2csc(CC(C)NC)n2)cc1. The van der Waals surface area contributed by atoms with E-state index in [1.807, 2.05) is 7.05 Å². The maximum atomic E-state index is 4.70. The summed E-state index contributed by atoms with van der Waals surface area (Å²) in [7, 11) is 1.99. The van der Waals surface area contributed by atoms with Crippen molar-refractivity contribution in [2.24, 2.45) is 0 Å². The second kappa shape index (κ2) is 6.12. The molecule has 1 heterocycles. The molecular weight excluding hydrogens is 240 g/mol. The summed E-state index contributed by atoms with van der Waals surface area (Å²) < 4.78 is 0. The van der Waals surface area contributed by atoms with Crippen LogP contribution in [0.4, 0.5) is 0 Å². The number of aryl methyl sites for hydroxylation is 1.